The predicted molar refractivity (Wildman–Crippen MR) is 58.3 cm³/mol. The van der Waals surface area contributed by atoms with E-state index in [9.17, 15) is 9.18 Å². The van der Waals surface area contributed by atoms with Gasteiger partial charge in [-0.3, -0.25) is 0 Å². The van der Waals surface area contributed by atoms with Gasteiger partial charge in [-0.1, -0.05) is 11.6 Å². The van der Waals surface area contributed by atoms with E-state index in [1.165, 1.54) is 18.2 Å². The molecule has 6 heteroatoms. The highest BCUT2D eigenvalue weighted by Crippen LogP contribution is 2.26. The Morgan fingerprint density at radius 2 is 2.35 bits per heavy atom. The molecule has 1 rings (SSSR count). The second-order valence-electron chi connectivity index (χ2n) is 2.94. The number of carbonyl (C=O) groups is 1. The summed E-state index contributed by atoms with van der Waals surface area (Å²) in [6.07, 6.45) is -2.24. The molecule has 0 N–H and O–H groups in total. The molecule has 0 bridgehead atoms. The van der Waals surface area contributed by atoms with Crippen molar-refractivity contribution < 1.29 is 18.7 Å². The van der Waals surface area contributed by atoms with Gasteiger partial charge in [0.25, 0.3) is 0 Å². The highest BCUT2D eigenvalue weighted by molar-refractivity contribution is 6.32. The molecule has 0 aromatic heterocycles. The molecular weight excluding hydrogens is 249 g/mol. The Morgan fingerprint density at radius 3 is 2.88 bits per heavy atom. The molecule has 0 aliphatic heterocycles. The van der Waals surface area contributed by atoms with Gasteiger partial charge in [0.2, 0.25) is 0 Å². The molecule has 0 radical (unpaired) electrons. The van der Waals surface area contributed by atoms with E-state index in [0.29, 0.717) is 5.56 Å². The molecule has 0 spiro atoms. The van der Waals surface area contributed by atoms with Crippen molar-refractivity contribution in [3.63, 3.8) is 0 Å². The highest BCUT2D eigenvalue weighted by Gasteiger charge is 2.21. The van der Waals surface area contributed by atoms with Crippen LogP contribution in [0.25, 0.3) is 0 Å². The van der Waals surface area contributed by atoms with Crippen LogP contribution in [0.15, 0.2) is 18.2 Å². The smallest absolute Gasteiger partial charge is 0.381 e. The summed E-state index contributed by atoms with van der Waals surface area (Å²) in [5.74, 6) is -1.14. The number of hydrogen-bond donors (Lipinski definition) is 0. The van der Waals surface area contributed by atoms with Gasteiger partial charge < -0.3 is 9.47 Å². The third kappa shape index (κ3) is 3.61. The first-order valence-corrected chi connectivity index (χ1v) is 5.13. The van der Waals surface area contributed by atoms with E-state index < -0.39 is 12.3 Å². The van der Waals surface area contributed by atoms with Crippen molar-refractivity contribution in [2.24, 2.45) is 0 Å². The van der Waals surface area contributed by atoms with Crippen LogP contribution in [0, 0.1) is 11.3 Å². The Hall–Kier alpha value is -1.80. The minimum atomic E-state index is -2.24. The van der Waals surface area contributed by atoms with Crippen molar-refractivity contribution in [3.05, 3.63) is 28.8 Å². The van der Waals surface area contributed by atoms with Crippen molar-refractivity contribution in [1.82, 2.24) is 0 Å². The molecule has 1 unspecified atom stereocenters. The molecule has 1 atom stereocenters. The SMILES string of the molecule is CCOC(=O)C(F)Oc1ccc(C#N)cc1Cl. The number of nitriles is 1. The predicted octanol–water partition coefficient (Wildman–Crippen LogP) is 2.45. The number of esters is 1. The lowest BCUT2D eigenvalue weighted by Crippen LogP contribution is -2.24. The Balaban J connectivity index is 2.75. The summed E-state index contributed by atoms with van der Waals surface area (Å²) < 4.78 is 22.3. The lowest BCUT2D eigenvalue weighted by atomic mass is 10.2. The summed E-state index contributed by atoms with van der Waals surface area (Å²) in [6.45, 7) is 1.61. The van der Waals surface area contributed by atoms with E-state index in [1.54, 1.807) is 6.92 Å². The number of nitrogens with zero attached hydrogens (tertiary/aromatic N) is 1. The third-order valence-electron chi connectivity index (χ3n) is 1.76. The Bertz CT molecular complexity index is 459. The van der Waals surface area contributed by atoms with Crippen molar-refractivity contribution in [1.29, 1.82) is 5.26 Å². The Kier molecular flexibility index (Phi) is 4.73. The normalized spacial score (nSPS) is 11.4. The summed E-state index contributed by atoms with van der Waals surface area (Å²) >= 11 is 5.74. The van der Waals surface area contributed by atoms with Crippen LogP contribution < -0.4 is 4.74 Å². The van der Waals surface area contributed by atoms with Crippen LogP contribution in [-0.2, 0) is 9.53 Å². The summed E-state index contributed by atoms with van der Waals surface area (Å²) in [7, 11) is 0. The van der Waals surface area contributed by atoms with Gasteiger partial charge >= 0.3 is 12.3 Å². The molecule has 1 aromatic carbocycles. The largest absolute Gasteiger partial charge is 0.461 e. The van der Waals surface area contributed by atoms with Crippen LogP contribution in [0.4, 0.5) is 4.39 Å². The zero-order valence-corrected chi connectivity index (χ0v) is 9.70. The van der Waals surface area contributed by atoms with Gasteiger partial charge in [-0.2, -0.15) is 9.65 Å². The fraction of sp³-hybridized carbons (Fsp3) is 0.273. The topological polar surface area (TPSA) is 59.3 Å². The number of alkyl halides is 1. The van der Waals surface area contributed by atoms with Crippen LogP contribution in [0.3, 0.4) is 0 Å². The molecule has 0 aliphatic rings. The fourth-order valence-electron chi connectivity index (χ4n) is 1.03. The maximum Gasteiger partial charge on any atom is 0.381 e. The quantitative estimate of drug-likeness (QED) is 0.778. The van der Waals surface area contributed by atoms with Crippen LogP contribution in [0.2, 0.25) is 5.02 Å². The molecule has 0 amide bonds. The van der Waals surface area contributed by atoms with E-state index in [-0.39, 0.29) is 17.4 Å². The Morgan fingerprint density at radius 1 is 1.65 bits per heavy atom. The number of halogens is 2. The van der Waals surface area contributed by atoms with Gasteiger partial charge in [-0.05, 0) is 25.1 Å². The minimum Gasteiger partial charge on any atom is -0.461 e. The third-order valence-corrected chi connectivity index (χ3v) is 2.06. The van der Waals surface area contributed by atoms with Crippen LogP contribution in [-0.4, -0.2) is 18.9 Å². The zero-order valence-electron chi connectivity index (χ0n) is 8.94. The van der Waals surface area contributed by atoms with Crippen LogP contribution >= 0.6 is 11.6 Å². The van der Waals surface area contributed by atoms with Gasteiger partial charge in [-0.25, -0.2) is 4.79 Å². The van der Waals surface area contributed by atoms with Crippen molar-refractivity contribution in [2.75, 3.05) is 6.61 Å². The zero-order chi connectivity index (χ0) is 12.8. The van der Waals surface area contributed by atoms with Crippen molar-refractivity contribution in [3.8, 4) is 11.8 Å². The average Bonchev–Trinajstić information content (AvgIpc) is 2.31. The molecule has 1 aromatic rings. The molecule has 4 nitrogen and oxygen atoms in total. The Labute approximate surface area is 103 Å². The standard InChI is InChI=1S/C11H9ClFNO3/c1-2-16-11(15)10(13)17-9-4-3-7(6-14)5-8(9)12/h3-5,10H,2H2,1H3. The molecule has 0 heterocycles. The first-order valence-electron chi connectivity index (χ1n) is 4.75. The average molecular weight is 258 g/mol. The van der Waals surface area contributed by atoms with Gasteiger partial charge in [0, 0.05) is 0 Å². The number of hydrogen-bond acceptors (Lipinski definition) is 4. The summed E-state index contributed by atoms with van der Waals surface area (Å²) in [5.41, 5.74) is 0.314. The van der Waals surface area contributed by atoms with Crippen LogP contribution in [0.1, 0.15) is 12.5 Å². The van der Waals surface area contributed by atoms with Crippen molar-refractivity contribution in [2.45, 2.75) is 13.3 Å². The summed E-state index contributed by atoms with van der Waals surface area (Å²) in [6, 6.07) is 5.89. The molecule has 0 saturated carbocycles. The van der Waals surface area contributed by atoms with E-state index in [4.69, 9.17) is 16.9 Å². The second kappa shape index (κ2) is 6.06. The summed E-state index contributed by atoms with van der Waals surface area (Å²) in [5, 5.41) is 8.65. The lowest BCUT2D eigenvalue weighted by molar-refractivity contribution is -0.159. The fourth-order valence-corrected chi connectivity index (χ4v) is 1.26. The number of ether oxygens (including phenoxy) is 2. The molecular formula is C11H9ClFNO3. The number of benzene rings is 1. The van der Waals surface area contributed by atoms with E-state index in [2.05, 4.69) is 9.47 Å². The van der Waals surface area contributed by atoms with Crippen molar-refractivity contribution >= 4 is 17.6 Å². The first-order chi connectivity index (χ1) is 8.08. The summed E-state index contributed by atoms with van der Waals surface area (Å²) in [4.78, 5) is 11.0. The molecule has 17 heavy (non-hydrogen) atoms. The van der Waals surface area contributed by atoms with E-state index in [0.717, 1.165) is 0 Å². The van der Waals surface area contributed by atoms with Gasteiger partial charge in [0.1, 0.15) is 5.75 Å². The minimum absolute atomic E-state index is 0.0220. The molecule has 0 fully saturated rings. The highest BCUT2D eigenvalue weighted by atomic mass is 35.5. The molecule has 0 saturated heterocycles. The van der Waals surface area contributed by atoms with Gasteiger partial charge in [0.05, 0.1) is 23.3 Å². The number of rotatable bonds is 4. The van der Waals surface area contributed by atoms with E-state index >= 15 is 0 Å². The maximum absolute atomic E-state index is 13.2. The van der Waals surface area contributed by atoms with Gasteiger partial charge in [0.15, 0.2) is 0 Å². The van der Waals surface area contributed by atoms with Crippen LogP contribution in [0.5, 0.6) is 5.75 Å². The number of carbonyl (C=O) groups excluding carboxylic acids is 1. The lowest BCUT2D eigenvalue weighted by Gasteiger charge is -2.11. The molecule has 90 valence electrons. The maximum atomic E-state index is 13.2. The second-order valence-corrected chi connectivity index (χ2v) is 3.35. The molecule has 0 aliphatic carbocycles. The van der Waals surface area contributed by atoms with E-state index in [1.807, 2.05) is 6.07 Å². The first kappa shape index (κ1) is 13.3. The monoisotopic (exact) mass is 257 g/mol. The van der Waals surface area contributed by atoms with Gasteiger partial charge in [-0.15, -0.1) is 0 Å².